The monoisotopic (exact) mass is 326 g/mol. The van der Waals surface area contributed by atoms with Gasteiger partial charge in [0.25, 0.3) is 0 Å². The van der Waals surface area contributed by atoms with Crippen LogP contribution in [0, 0.1) is 5.92 Å². The molecule has 1 N–H and O–H groups in total. The summed E-state index contributed by atoms with van der Waals surface area (Å²) in [6, 6.07) is 7.40. The van der Waals surface area contributed by atoms with Gasteiger partial charge in [0.15, 0.2) is 0 Å². The molecule has 0 radical (unpaired) electrons. The molecule has 0 spiro atoms. The van der Waals surface area contributed by atoms with Crippen LogP contribution in [-0.4, -0.2) is 34.9 Å². The lowest BCUT2D eigenvalue weighted by Crippen LogP contribution is -2.40. The van der Waals surface area contributed by atoms with Gasteiger partial charge < -0.3 is 10.2 Å². The summed E-state index contributed by atoms with van der Waals surface area (Å²) >= 11 is 7.43. The number of benzene rings is 1. The second-order valence-corrected chi connectivity index (χ2v) is 6.80. The van der Waals surface area contributed by atoms with Crippen LogP contribution in [0.25, 0.3) is 0 Å². The average Bonchev–Trinajstić information content (AvgIpc) is 2.82. The van der Waals surface area contributed by atoms with Crippen molar-refractivity contribution in [1.82, 2.24) is 10.2 Å². The summed E-state index contributed by atoms with van der Waals surface area (Å²) in [5, 5.41) is 3.69. The van der Waals surface area contributed by atoms with Crippen molar-refractivity contribution in [3.05, 3.63) is 34.9 Å². The van der Waals surface area contributed by atoms with E-state index in [-0.39, 0.29) is 30.3 Å². The first-order valence-corrected chi connectivity index (χ1v) is 8.41. The van der Waals surface area contributed by atoms with Crippen LogP contribution in [0.4, 0.5) is 0 Å². The number of hydrogen-bond donors (Lipinski definition) is 1. The van der Waals surface area contributed by atoms with Crippen LogP contribution in [0.5, 0.6) is 0 Å². The number of amides is 2. The maximum Gasteiger partial charge on any atom is 0.240 e. The van der Waals surface area contributed by atoms with Gasteiger partial charge in [0.1, 0.15) is 6.54 Å². The van der Waals surface area contributed by atoms with Gasteiger partial charge >= 0.3 is 0 Å². The van der Waals surface area contributed by atoms with E-state index < -0.39 is 0 Å². The highest BCUT2D eigenvalue weighted by molar-refractivity contribution is 8.00. The van der Waals surface area contributed by atoms with Crippen molar-refractivity contribution in [3.63, 3.8) is 0 Å². The molecule has 1 saturated heterocycles. The molecule has 0 aromatic heterocycles. The number of hydrogen-bond acceptors (Lipinski definition) is 3. The van der Waals surface area contributed by atoms with E-state index in [1.807, 2.05) is 24.3 Å². The lowest BCUT2D eigenvalue weighted by Gasteiger charge is -2.24. The molecule has 1 heterocycles. The molecule has 0 saturated carbocycles. The molecular weight excluding hydrogens is 308 g/mol. The molecule has 6 heteroatoms. The van der Waals surface area contributed by atoms with Gasteiger partial charge in [-0.15, -0.1) is 11.8 Å². The fourth-order valence-corrected chi connectivity index (χ4v) is 3.27. The fourth-order valence-electron chi connectivity index (χ4n) is 2.24. The predicted octanol–water partition coefficient (Wildman–Crippen LogP) is 2.69. The van der Waals surface area contributed by atoms with E-state index in [1.165, 1.54) is 11.8 Å². The largest absolute Gasteiger partial charge is 0.347 e. The smallest absolute Gasteiger partial charge is 0.240 e. The zero-order chi connectivity index (χ0) is 15.4. The molecule has 21 heavy (non-hydrogen) atoms. The Labute approximate surface area is 134 Å². The van der Waals surface area contributed by atoms with Crippen LogP contribution >= 0.6 is 23.4 Å². The normalized spacial score (nSPS) is 16.4. The summed E-state index contributed by atoms with van der Waals surface area (Å²) in [5.41, 5.74) is 1.02. The van der Waals surface area contributed by atoms with Gasteiger partial charge in [-0.1, -0.05) is 37.6 Å². The Morgan fingerprint density at radius 1 is 1.38 bits per heavy atom. The van der Waals surface area contributed by atoms with Crippen molar-refractivity contribution in [1.29, 1.82) is 0 Å². The molecule has 0 bridgehead atoms. The van der Waals surface area contributed by atoms with E-state index in [1.54, 1.807) is 4.90 Å². The Morgan fingerprint density at radius 2 is 2.05 bits per heavy atom. The van der Waals surface area contributed by atoms with E-state index in [0.29, 0.717) is 16.7 Å². The maximum absolute atomic E-state index is 12.2. The van der Waals surface area contributed by atoms with Crippen molar-refractivity contribution in [2.45, 2.75) is 19.9 Å². The third-order valence-corrected chi connectivity index (χ3v) is 4.57. The predicted molar refractivity (Wildman–Crippen MR) is 86.2 cm³/mol. The van der Waals surface area contributed by atoms with E-state index >= 15 is 0 Å². The standard InChI is InChI=1S/C15H19ClN2O2S/c1-10(2)15(11-3-5-12(16)6-4-11)17-13(19)7-18-9-21-8-14(18)20/h3-6,10,15H,7-9H2,1-2H3,(H,17,19). The van der Waals surface area contributed by atoms with E-state index in [4.69, 9.17) is 11.6 Å². The molecule has 1 fully saturated rings. The quantitative estimate of drug-likeness (QED) is 0.905. The Balaban J connectivity index is 2.00. The Kier molecular flexibility index (Phi) is 5.53. The minimum Gasteiger partial charge on any atom is -0.347 e. The van der Waals surface area contributed by atoms with Crippen molar-refractivity contribution in [3.8, 4) is 0 Å². The first-order chi connectivity index (χ1) is 9.97. The molecule has 0 aliphatic carbocycles. The molecule has 1 aromatic rings. The van der Waals surface area contributed by atoms with Crippen molar-refractivity contribution < 1.29 is 9.59 Å². The lowest BCUT2D eigenvalue weighted by molar-refractivity contribution is -0.132. The molecule has 1 atom stereocenters. The van der Waals surface area contributed by atoms with Crippen LogP contribution in [0.2, 0.25) is 5.02 Å². The molecular formula is C15H19ClN2O2S. The van der Waals surface area contributed by atoms with E-state index in [9.17, 15) is 9.59 Å². The van der Waals surface area contributed by atoms with Crippen molar-refractivity contribution in [2.24, 2.45) is 5.92 Å². The topological polar surface area (TPSA) is 49.4 Å². The summed E-state index contributed by atoms with van der Waals surface area (Å²) in [7, 11) is 0. The van der Waals surface area contributed by atoms with Gasteiger partial charge in [0.05, 0.1) is 17.7 Å². The van der Waals surface area contributed by atoms with Gasteiger partial charge in [0, 0.05) is 5.02 Å². The summed E-state index contributed by atoms with van der Waals surface area (Å²) in [6.07, 6.45) is 0. The average molecular weight is 327 g/mol. The lowest BCUT2D eigenvalue weighted by atomic mass is 9.96. The summed E-state index contributed by atoms with van der Waals surface area (Å²) < 4.78 is 0. The maximum atomic E-state index is 12.2. The van der Waals surface area contributed by atoms with Gasteiger partial charge in [-0.05, 0) is 23.6 Å². The zero-order valence-corrected chi connectivity index (χ0v) is 13.7. The Hall–Kier alpha value is -1.20. The Morgan fingerprint density at radius 3 is 2.57 bits per heavy atom. The summed E-state index contributed by atoms with van der Waals surface area (Å²) in [5.74, 6) is 1.22. The highest BCUT2D eigenvalue weighted by atomic mass is 35.5. The molecule has 114 valence electrons. The van der Waals surface area contributed by atoms with Crippen LogP contribution in [-0.2, 0) is 9.59 Å². The van der Waals surface area contributed by atoms with E-state index in [0.717, 1.165) is 5.56 Å². The number of thioether (sulfide) groups is 1. The second-order valence-electron chi connectivity index (χ2n) is 5.41. The van der Waals surface area contributed by atoms with Gasteiger partial charge in [0.2, 0.25) is 11.8 Å². The number of carbonyl (C=O) groups is 2. The third kappa shape index (κ3) is 4.38. The molecule has 2 amide bonds. The molecule has 2 rings (SSSR count). The van der Waals surface area contributed by atoms with Crippen LogP contribution in [0.3, 0.4) is 0 Å². The van der Waals surface area contributed by atoms with Gasteiger partial charge in [-0.3, -0.25) is 9.59 Å². The minimum atomic E-state index is -0.125. The summed E-state index contributed by atoms with van der Waals surface area (Å²) in [6.45, 7) is 4.23. The highest BCUT2D eigenvalue weighted by Gasteiger charge is 2.25. The number of nitrogens with one attached hydrogen (secondary N) is 1. The zero-order valence-electron chi connectivity index (χ0n) is 12.1. The fraction of sp³-hybridized carbons (Fsp3) is 0.467. The van der Waals surface area contributed by atoms with Crippen LogP contribution < -0.4 is 5.32 Å². The SMILES string of the molecule is CC(C)C(NC(=O)CN1CSCC1=O)c1ccc(Cl)cc1. The summed E-state index contributed by atoms with van der Waals surface area (Å²) in [4.78, 5) is 25.3. The number of halogens is 1. The highest BCUT2D eigenvalue weighted by Crippen LogP contribution is 2.23. The molecule has 1 aliphatic heterocycles. The van der Waals surface area contributed by atoms with Crippen LogP contribution in [0.15, 0.2) is 24.3 Å². The van der Waals surface area contributed by atoms with Crippen LogP contribution in [0.1, 0.15) is 25.5 Å². The second kappa shape index (κ2) is 7.18. The molecule has 1 aromatic carbocycles. The third-order valence-electron chi connectivity index (χ3n) is 3.37. The molecule has 1 aliphatic rings. The first-order valence-electron chi connectivity index (χ1n) is 6.87. The van der Waals surface area contributed by atoms with Gasteiger partial charge in [-0.2, -0.15) is 0 Å². The van der Waals surface area contributed by atoms with Gasteiger partial charge in [-0.25, -0.2) is 0 Å². The van der Waals surface area contributed by atoms with E-state index in [2.05, 4.69) is 19.2 Å². The van der Waals surface area contributed by atoms with Crippen molar-refractivity contribution >= 4 is 35.2 Å². The molecule has 1 unspecified atom stereocenters. The first kappa shape index (κ1) is 16.2. The molecule has 4 nitrogen and oxygen atoms in total. The van der Waals surface area contributed by atoms with Crippen molar-refractivity contribution in [2.75, 3.05) is 18.2 Å². The number of carbonyl (C=O) groups excluding carboxylic acids is 2. The number of rotatable bonds is 5. The minimum absolute atomic E-state index is 0.0303. The Bertz CT molecular complexity index is 519. The number of nitrogens with zero attached hydrogens (tertiary/aromatic N) is 1.